The minimum Gasteiger partial charge on any atom is -0.352 e. The van der Waals surface area contributed by atoms with Crippen LogP contribution in [0.25, 0.3) is 0 Å². The van der Waals surface area contributed by atoms with E-state index in [1.165, 1.54) is 12.8 Å². The van der Waals surface area contributed by atoms with Gasteiger partial charge in [-0.05, 0) is 45.7 Å². The zero-order chi connectivity index (χ0) is 14.3. The minimum absolute atomic E-state index is 0.0343. The second-order valence-electron chi connectivity index (χ2n) is 5.58. The highest BCUT2D eigenvalue weighted by molar-refractivity contribution is 5.81. The van der Waals surface area contributed by atoms with Crippen molar-refractivity contribution in [3.63, 3.8) is 0 Å². The number of carbonyl (C=O) groups excluding carboxylic acids is 1. The van der Waals surface area contributed by atoms with Crippen LogP contribution in [0.2, 0.25) is 0 Å². The van der Waals surface area contributed by atoms with E-state index in [2.05, 4.69) is 36.3 Å². The van der Waals surface area contributed by atoms with Gasteiger partial charge in [-0.25, -0.2) is 0 Å². The number of hydrogen-bond acceptors (Lipinski definition) is 3. The van der Waals surface area contributed by atoms with Crippen LogP contribution in [0.1, 0.15) is 53.4 Å². The van der Waals surface area contributed by atoms with E-state index >= 15 is 0 Å². The summed E-state index contributed by atoms with van der Waals surface area (Å²) in [6.45, 7) is 11.4. The van der Waals surface area contributed by atoms with Crippen molar-refractivity contribution in [1.29, 1.82) is 0 Å². The van der Waals surface area contributed by atoms with Crippen molar-refractivity contribution in [2.75, 3.05) is 19.6 Å². The van der Waals surface area contributed by atoms with Gasteiger partial charge in [0.25, 0.3) is 0 Å². The Morgan fingerprint density at radius 1 is 1.37 bits per heavy atom. The summed E-state index contributed by atoms with van der Waals surface area (Å²) >= 11 is 0. The lowest BCUT2D eigenvalue weighted by Crippen LogP contribution is -2.51. The Bertz CT molecular complexity index is 260. The third kappa shape index (κ3) is 5.11. The summed E-state index contributed by atoms with van der Waals surface area (Å²) in [5.41, 5.74) is 0. The van der Waals surface area contributed by atoms with Crippen molar-refractivity contribution in [2.24, 2.45) is 0 Å². The van der Waals surface area contributed by atoms with Crippen molar-refractivity contribution >= 4 is 5.91 Å². The van der Waals surface area contributed by atoms with Crippen molar-refractivity contribution < 1.29 is 4.79 Å². The second kappa shape index (κ2) is 8.54. The van der Waals surface area contributed by atoms with Crippen molar-refractivity contribution in [1.82, 2.24) is 15.5 Å². The fourth-order valence-corrected chi connectivity index (χ4v) is 2.74. The van der Waals surface area contributed by atoms with Gasteiger partial charge in [0.2, 0.25) is 5.91 Å². The number of amides is 1. The molecule has 1 fully saturated rings. The van der Waals surface area contributed by atoms with Crippen LogP contribution >= 0.6 is 0 Å². The SMILES string of the molecule is CCC(CC)NC(=O)C(C)N(CC)CC1CCCN1. The van der Waals surface area contributed by atoms with E-state index in [0.29, 0.717) is 12.1 Å². The molecule has 0 spiro atoms. The number of rotatable bonds is 8. The van der Waals surface area contributed by atoms with Crippen molar-refractivity contribution in [2.45, 2.75) is 71.5 Å². The Morgan fingerprint density at radius 2 is 2.05 bits per heavy atom. The lowest BCUT2D eigenvalue weighted by atomic mass is 10.1. The molecule has 4 nitrogen and oxygen atoms in total. The lowest BCUT2D eigenvalue weighted by molar-refractivity contribution is -0.126. The first kappa shape index (κ1) is 16.4. The largest absolute Gasteiger partial charge is 0.352 e. The molecule has 1 saturated heterocycles. The van der Waals surface area contributed by atoms with Crippen molar-refractivity contribution in [3.8, 4) is 0 Å². The van der Waals surface area contributed by atoms with Gasteiger partial charge in [-0.2, -0.15) is 0 Å². The van der Waals surface area contributed by atoms with E-state index in [1.807, 2.05) is 6.92 Å². The molecule has 0 aromatic carbocycles. The van der Waals surface area contributed by atoms with Gasteiger partial charge in [0.1, 0.15) is 0 Å². The molecule has 0 radical (unpaired) electrons. The van der Waals surface area contributed by atoms with E-state index in [4.69, 9.17) is 0 Å². The quantitative estimate of drug-likeness (QED) is 0.705. The zero-order valence-corrected chi connectivity index (χ0v) is 13.0. The predicted molar refractivity (Wildman–Crippen MR) is 80.2 cm³/mol. The normalized spacial score (nSPS) is 21.1. The van der Waals surface area contributed by atoms with Gasteiger partial charge < -0.3 is 10.6 Å². The van der Waals surface area contributed by atoms with Crippen LogP contribution in [0.4, 0.5) is 0 Å². The Morgan fingerprint density at radius 3 is 2.53 bits per heavy atom. The average Bonchev–Trinajstić information content (AvgIpc) is 2.94. The van der Waals surface area contributed by atoms with Crippen LogP contribution in [-0.2, 0) is 4.79 Å². The predicted octanol–water partition coefficient (Wildman–Crippen LogP) is 1.75. The second-order valence-corrected chi connectivity index (χ2v) is 5.58. The molecule has 0 bridgehead atoms. The number of hydrogen-bond donors (Lipinski definition) is 2. The maximum Gasteiger partial charge on any atom is 0.237 e. The van der Waals surface area contributed by atoms with Crippen LogP contribution in [0.3, 0.4) is 0 Å². The molecule has 0 aromatic heterocycles. The Labute approximate surface area is 118 Å². The Hall–Kier alpha value is -0.610. The Balaban J connectivity index is 2.46. The maximum atomic E-state index is 12.3. The molecule has 0 saturated carbocycles. The Kier molecular flexibility index (Phi) is 7.39. The first-order chi connectivity index (χ1) is 9.12. The van der Waals surface area contributed by atoms with Gasteiger partial charge in [0, 0.05) is 18.6 Å². The van der Waals surface area contributed by atoms with Gasteiger partial charge in [-0.1, -0.05) is 20.8 Å². The van der Waals surface area contributed by atoms with Crippen LogP contribution < -0.4 is 10.6 Å². The van der Waals surface area contributed by atoms with Gasteiger partial charge >= 0.3 is 0 Å². The molecule has 0 aromatic rings. The lowest BCUT2D eigenvalue weighted by Gasteiger charge is -2.30. The highest BCUT2D eigenvalue weighted by Gasteiger charge is 2.25. The highest BCUT2D eigenvalue weighted by atomic mass is 16.2. The van der Waals surface area contributed by atoms with Gasteiger partial charge in [-0.15, -0.1) is 0 Å². The third-order valence-electron chi connectivity index (χ3n) is 4.28. The molecular weight excluding hydrogens is 238 g/mol. The third-order valence-corrected chi connectivity index (χ3v) is 4.28. The first-order valence-electron chi connectivity index (χ1n) is 7.90. The summed E-state index contributed by atoms with van der Waals surface area (Å²) in [6.07, 6.45) is 4.50. The molecule has 1 rings (SSSR count). The molecule has 1 aliphatic rings. The number of nitrogens with one attached hydrogen (secondary N) is 2. The summed E-state index contributed by atoms with van der Waals surface area (Å²) in [5.74, 6) is 0.175. The van der Waals surface area contributed by atoms with Crippen LogP contribution in [0.15, 0.2) is 0 Å². The molecule has 1 amide bonds. The molecule has 1 heterocycles. The van der Waals surface area contributed by atoms with E-state index in [1.54, 1.807) is 0 Å². The molecular formula is C15H31N3O. The standard InChI is InChI=1S/C15H31N3O/c1-5-13(6-2)17-15(19)12(4)18(7-3)11-14-9-8-10-16-14/h12-14,16H,5-11H2,1-4H3,(H,17,19). The topological polar surface area (TPSA) is 44.4 Å². The van der Waals surface area contributed by atoms with Crippen LogP contribution in [-0.4, -0.2) is 48.6 Å². The van der Waals surface area contributed by atoms with Crippen molar-refractivity contribution in [3.05, 3.63) is 0 Å². The minimum atomic E-state index is -0.0343. The van der Waals surface area contributed by atoms with Gasteiger partial charge in [0.05, 0.1) is 6.04 Å². The van der Waals surface area contributed by atoms with E-state index in [0.717, 1.165) is 32.5 Å². The highest BCUT2D eigenvalue weighted by Crippen LogP contribution is 2.10. The number of carbonyl (C=O) groups is 1. The molecule has 0 aliphatic carbocycles. The number of likely N-dealkylation sites (N-methyl/N-ethyl adjacent to an activating group) is 1. The van der Waals surface area contributed by atoms with E-state index in [9.17, 15) is 4.79 Å². The van der Waals surface area contributed by atoms with Gasteiger partial charge in [-0.3, -0.25) is 9.69 Å². The smallest absolute Gasteiger partial charge is 0.237 e. The van der Waals surface area contributed by atoms with Crippen LogP contribution in [0, 0.1) is 0 Å². The molecule has 112 valence electrons. The average molecular weight is 269 g/mol. The zero-order valence-electron chi connectivity index (χ0n) is 13.0. The van der Waals surface area contributed by atoms with E-state index in [-0.39, 0.29) is 11.9 Å². The first-order valence-corrected chi connectivity index (χ1v) is 7.90. The summed E-state index contributed by atoms with van der Waals surface area (Å²) in [5, 5.41) is 6.66. The number of nitrogens with zero attached hydrogens (tertiary/aromatic N) is 1. The fourth-order valence-electron chi connectivity index (χ4n) is 2.74. The summed E-state index contributed by atoms with van der Waals surface area (Å²) in [7, 11) is 0. The van der Waals surface area contributed by atoms with E-state index < -0.39 is 0 Å². The summed E-state index contributed by atoms with van der Waals surface area (Å²) < 4.78 is 0. The van der Waals surface area contributed by atoms with Gasteiger partial charge in [0.15, 0.2) is 0 Å². The molecule has 4 heteroatoms. The fraction of sp³-hybridized carbons (Fsp3) is 0.933. The molecule has 1 aliphatic heterocycles. The monoisotopic (exact) mass is 269 g/mol. The summed E-state index contributed by atoms with van der Waals surface area (Å²) in [6, 6.07) is 0.842. The molecule has 2 unspecified atom stereocenters. The molecule has 2 atom stereocenters. The van der Waals surface area contributed by atoms with Crippen LogP contribution in [0.5, 0.6) is 0 Å². The molecule has 2 N–H and O–H groups in total. The maximum absolute atomic E-state index is 12.3. The summed E-state index contributed by atoms with van der Waals surface area (Å²) in [4.78, 5) is 14.6. The molecule has 19 heavy (non-hydrogen) atoms.